The molecular weight excluding hydrogens is 577 g/mol. The second-order valence-corrected chi connectivity index (χ2v) is 15.4. The Balaban J connectivity index is 1.31. The molecule has 0 saturated carbocycles. The van der Waals surface area contributed by atoms with Gasteiger partial charge in [0.2, 0.25) is 5.95 Å². The standard InChI is InChI=1S/C41H28N4Si/c1-5-15-29(16-6-1)39-42-40(30-17-7-2-8-18-30)44-41(43-39)45-26-25-31-27-38-35(28-36(31)45)34-23-13-14-24-37(34)46(38,32-19-9-3-10-20-32)33-21-11-4-12-22-33/h1-28H. The van der Waals surface area contributed by atoms with Gasteiger partial charge in [0.15, 0.2) is 19.7 Å². The van der Waals surface area contributed by atoms with Crippen LogP contribution >= 0.6 is 0 Å². The summed E-state index contributed by atoms with van der Waals surface area (Å²) in [5.41, 5.74) is 5.57. The summed E-state index contributed by atoms with van der Waals surface area (Å²) in [5, 5.41) is 6.80. The van der Waals surface area contributed by atoms with Gasteiger partial charge in [-0.1, -0.05) is 152 Å². The number of nitrogens with zero attached hydrogens (tertiary/aromatic N) is 4. The van der Waals surface area contributed by atoms with Gasteiger partial charge in [-0.3, -0.25) is 4.57 Å². The van der Waals surface area contributed by atoms with E-state index in [1.54, 1.807) is 0 Å². The maximum absolute atomic E-state index is 5.03. The molecule has 0 saturated heterocycles. The highest BCUT2D eigenvalue weighted by Crippen LogP contribution is 2.33. The van der Waals surface area contributed by atoms with Gasteiger partial charge in [0.05, 0.1) is 5.52 Å². The summed E-state index contributed by atoms with van der Waals surface area (Å²) in [5.74, 6) is 1.90. The molecule has 3 heterocycles. The van der Waals surface area contributed by atoms with Crippen molar-refractivity contribution in [3.63, 3.8) is 0 Å². The van der Waals surface area contributed by atoms with Crippen molar-refractivity contribution < 1.29 is 0 Å². The Bertz CT molecular complexity index is 2250. The number of benzene rings is 6. The van der Waals surface area contributed by atoms with Crippen LogP contribution < -0.4 is 20.7 Å². The van der Waals surface area contributed by atoms with E-state index in [0.29, 0.717) is 17.6 Å². The summed E-state index contributed by atoms with van der Waals surface area (Å²) in [6, 6.07) is 58.5. The van der Waals surface area contributed by atoms with Gasteiger partial charge in [0.1, 0.15) is 0 Å². The van der Waals surface area contributed by atoms with E-state index < -0.39 is 8.07 Å². The first-order chi connectivity index (χ1) is 22.8. The molecule has 0 atom stereocenters. The maximum atomic E-state index is 5.03. The SMILES string of the molecule is c1ccc(-c2nc(-c3ccccc3)nc(-n3ccc4cc5c(cc43)-c3ccccc3[Si]5(c3ccccc3)c3ccccc3)n2)cc1. The second-order valence-electron chi connectivity index (χ2n) is 11.7. The molecule has 0 fully saturated rings. The Morgan fingerprint density at radius 3 is 1.54 bits per heavy atom. The maximum Gasteiger partial charge on any atom is 0.238 e. The fourth-order valence-electron chi connectivity index (χ4n) is 7.15. The van der Waals surface area contributed by atoms with Gasteiger partial charge in [-0.25, -0.2) is 4.98 Å². The zero-order valence-electron chi connectivity index (χ0n) is 25.0. The van der Waals surface area contributed by atoms with E-state index in [0.717, 1.165) is 16.6 Å². The van der Waals surface area contributed by atoms with E-state index in [9.17, 15) is 0 Å². The molecule has 5 heteroatoms. The summed E-state index contributed by atoms with van der Waals surface area (Å²) in [4.78, 5) is 15.0. The molecule has 0 spiro atoms. The predicted octanol–water partition coefficient (Wildman–Crippen LogP) is 6.51. The van der Waals surface area contributed by atoms with E-state index in [1.165, 1.54) is 37.3 Å². The van der Waals surface area contributed by atoms with Crippen LogP contribution in [0.1, 0.15) is 0 Å². The van der Waals surface area contributed by atoms with Crippen LogP contribution in [0.2, 0.25) is 0 Å². The molecular formula is C41H28N4Si. The van der Waals surface area contributed by atoms with Crippen molar-refractivity contribution in [2.45, 2.75) is 0 Å². The quantitative estimate of drug-likeness (QED) is 0.211. The van der Waals surface area contributed by atoms with Gasteiger partial charge in [-0.15, -0.1) is 0 Å². The monoisotopic (exact) mass is 604 g/mol. The topological polar surface area (TPSA) is 43.6 Å². The fraction of sp³-hybridized carbons (Fsp3) is 0. The van der Waals surface area contributed by atoms with Crippen molar-refractivity contribution in [2.75, 3.05) is 0 Å². The summed E-state index contributed by atoms with van der Waals surface area (Å²) >= 11 is 0. The van der Waals surface area contributed by atoms with E-state index >= 15 is 0 Å². The third-order valence-corrected chi connectivity index (χ3v) is 14.0. The first-order valence-electron chi connectivity index (χ1n) is 15.5. The van der Waals surface area contributed by atoms with Crippen molar-refractivity contribution in [3.8, 4) is 39.9 Å². The van der Waals surface area contributed by atoms with E-state index in [-0.39, 0.29) is 0 Å². The van der Waals surface area contributed by atoms with Gasteiger partial charge in [0, 0.05) is 22.7 Å². The molecule has 216 valence electrons. The second kappa shape index (κ2) is 10.6. The lowest BCUT2D eigenvalue weighted by molar-refractivity contribution is 0.933. The molecule has 8 aromatic rings. The Labute approximate surface area is 268 Å². The molecule has 0 amide bonds. The molecule has 4 nitrogen and oxygen atoms in total. The molecule has 9 rings (SSSR count). The van der Waals surface area contributed by atoms with Gasteiger partial charge in [0.25, 0.3) is 0 Å². The molecule has 1 aliphatic rings. The summed E-state index contributed by atoms with van der Waals surface area (Å²) < 4.78 is 2.12. The lowest BCUT2D eigenvalue weighted by atomic mass is 10.0. The highest BCUT2D eigenvalue weighted by atomic mass is 28.3. The van der Waals surface area contributed by atoms with Crippen LogP contribution in [0, 0.1) is 0 Å². The fourth-order valence-corrected chi connectivity index (χ4v) is 12.4. The summed E-state index contributed by atoms with van der Waals surface area (Å²) in [6.45, 7) is 0. The van der Waals surface area contributed by atoms with E-state index in [4.69, 9.17) is 15.0 Å². The minimum Gasteiger partial charge on any atom is -0.285 e. The molecule has 0 N–H and O–H groups in total. The molecule has 6 aromatic carbocycles. The first kappa shape index (κ1) is 26.5. The van der Waals surface area contributed by atoms with Crippen molar-refractivity contribution in [1.82, 2.24) is 19.5 Å². The smallest absolute Gasteiger partial charge is 0.238 e. The van der Waals surface area contributed by atoms with Crippen molar-refractivity contribution in [2.24, 2.45) is 0 Å². The minimum absolute atomic E-state index is 0.601. The minimum atomic E-state index is -2.57. The van der Waals surface area contributed by atoms with Crippen molar-refractivity contribution in [3.05, 3.63) is 170 Å². The predicted molar refractivity (Wildman–Crippen MR) is 190 cm³/mol. The van der Waals surface area contributed by atoms with E-state index in [2.05, 4.69) is 114 Å². The summed E-state index contributed by atoms with van der Waals surface area (Å²) in [7, 11) is -2.57. The Hall–Kier alpha value is -5.91. The highest BCUT2D eigenvalue weighted by molar-refractivity contribution is 7.22. The van der Waals surface area contributed by atoms with E-state index in [1.807, 2.05) is 60.7 Å². The largest absolute Gasteiger partial charge is 0.285 e. The molecule has 0 unspecified atom stereocenters. The van der Waals surface area contributed by atoms with Gasteiger partial charge in [-0.2, -0.15) is 9.97 Å². The third kappa shape index (κ3) is 4.02. The molecule has 46 heavy (non-hydrogen) atoms. The van der Waals surface area contributed by atoms with Crippen LogP contribution in [-0.2, 0) is 0 Å². The zero-order chi connectivity index (χ0) is 30.5. The molecule has 0 aliphatic carbocycles. The third-order valence-electron chi connectivity index (χ3n) is 9.17. The number of hydrogen-bond donors (Lipinski definition) is 0. The number of fused-ring (bicyclic) bond motifs is 4. The average molecular weight is 605 g/mol. The summed E-state index contributed by atoms with van der Waals surface area (Å²) in [6.07, 6.45) is 2.10. The zero-order valence-corrected chi connectivity index (χ0v) is 26.0. The molecule has 2 aromatic heterocycles. The van der Waals surface area contributed by atoms with Gasteiger partial charge < -0.3 is 0 Å². The molecule has 1 aliphatic heterocycles. The average Bonchev–Trinajstić information content (AvgIpc) is 3.69. The van der Waals surface area contributed by atoms with Crippen LogP contribution in [0.25, 0.3) is 50.8 Å². The lowest BCUT2D eigenvalue weighted by Gasteiger charge is -2.31. The lowest BCUT2D eigenvalue weighted by Crippen LogP contribution is -2.72. The normalized spacial score (nSPS) is 13.0. The van der Waals surface area contributed by atoms with Crippen LogP contribution in [0.15, 0.2) is 170 Å². The van der Waals surface area contributed by atoms with Gasteiger partial charge in [-0.05, 0) is 44.0 Å². The number of hydrogen-bond acceptors (Lipinski definition) is 3. The molecule has 0 radical (unpaired) electrons. The number of rotatable bonds is 5. The van der Waals surface area contributed by atoms with Gasteiger partial charge >= 0.3 is 0 Å². The van der Waals surface area contributed by atoms with Crippen molar-refractivity contribution in [1.29, 1.82) is 0 Å². The van der Waals surface area contributed by atoms with Crippen LogP contribution in [0.4, 0.5) is 0 Å². The first-order valence-corrected chi connectivity index (χ1v) is 17.5. The Morgan fingerprint density at radius 1 is 0.435 bits per heavy atom. The van der Waals surface area contributed by atoms with Crippen LogP contribution in [0.3, 0.4) is 0 Å². The van der Waals surface area contributed by atoms with Crippen LogP contribution in [-0.4, -0.2) is 27.6 Å². The highest BCUT2D eigenvalue weighted by Gasteiger charge is 2.48. The Kier molecular flexibility index (Phi) is 6.11. The van der Waals surface area contributed by atoms with Crippen molar-refractivity contribution >= 4 is 39.7 Å². The Morgan fingerprint density at radius 2 is 0.957 bits per heavy atom. The van der Waals surface area contributed by atoms with Crippen LogP contribution in [0.5, 0.6) is 0 Å². The molecule has 0 bridgehead atoms. The number of aromatic nitrogens is 4.